The van der Waals surface area contributed by atoms with E-state index >= 15 is 0 Å². The number of carbonyl (C=O) groups is 1. The molecular weight excluding hydrogens is 1180 g/mol. The first kappa shape index (κ1) is 86.5. The molecule has 2 heterocycles. The van der Waals surface area contributed by atoms with Gasteiger partial charge in [-0.2, -0.15) is 0 Å². The number of carbonyl (C=O) groups excluding carboxylic acids is 1. The minimum Gasteiger partial charge on any atom is -0.394 e. The van der Waals surface area contributed by atoms with Gasteiger partial charge in [0.1, 0.15) is 48.8 Å². The molecule has 94 heavy (non-hydrogen) atoms. The average molecular weight is 1320 g/mol. The van der Waals surface area contributed by atoms with E-state index in [1.807, 2.05) is 6.08 Å². The van der Waals surface area contributed by atoms with E-state index in [2.05, 4.69) is 129 Å². The van der Waals surface area contributed by atoms with Crippen LogP contribution in [0.25, 0.3) is 0 Å². The topological polar surface area (TPSA) is 228 Å². The molecule has 12 atom stereocenters. The number of unbranched alkanes of at least 4 members (excludes halogenated alkanes) is 30. The third kappa shape index (κ3) is 45.8. The molecule has 0 radical (unpaired) electrons. The summed E-state index contributed by atoms with van der Waals surface area (Å²) in [4.78, 5) is 13.3. The van der Waals surface area contributed by atoms with Gasteiger partial charge in [0.05, 0.1) is 32.0 Å². The molecule has 2 saturated heterocycles. The van der Waals surface area contributed by atoms with Gasteiger partial charge < -0.3 is 65.1 Å². The first-order valence-corrected chi connectivity index (χ1v) is 37.8. The Hall–Kier alpha value is -3.61. The first-order chi connectivity index (χ1) is 46.1. The number of allylic oxidation sites excluding steroid dienone is 19. The molecule has 14 heteroatoms. The van der Waals surface area contributed by atoms with E-state index in [4.69, 9.17) is 18.9 Å². The van der Waals surface area contributed by atoms with E-state index < -0.39 is 86.8 Å². The molecule has 0 aliphatic carbocycles. The summed E-state index contributed by atoms with van der Waals surface area (Å²) in [6.07, 6.45) is 75.5. The number of nitrogens with one attached hydrogen (secondary N) is 1. The molecule has 0 bridgehead atoms. The maximum Gasteiger partial charge on any atom is 0.220 e. The summed E-state index contributed by atoms with van der Waals surface area (Å²) in [7, 11) is 0. The zero-order valence-corrected chi connectivity index (χ0v) is 58.9. The van der Waals surface area contributed by atoms with Crippen LogP contribution in [-0.4, -0.2) is 140 Å². The van der Waals surface area contributed by atoms with Crippen molar-refractivity contribution in [2.24, 2.45) is 0 Å². The lowest BCUT2D eigenvalue weighted by atomic mass is 9.97. The third-order valence-corrected chi connectivity index (χ3v) is 17.6. The minimum atomic E-state index is -1.80. The van der Waals surface area contributed by atoms with E-state index in [0.29, 0.717) is 12.8 Å². The largest absolute Gasteiger partial charge is 0.394 e. The van der Waals surface area contributed by atoms with Crippen LogP contribution in [0.5, 0.6) is 0 Å². The SMILES string of the molecule is CC/C=C\C/C=C\C/C=C\C/C=C\C/C=C\C/C=C\C/C=C\CCCCCCCC(=O)NC(COC1OC(CO)C(OC2OC(CO)C(O)C(O)C2O)C(O)C1O)C(O)/C=C/CC/C=C/CC/C=C/CCCCCCCCCCCCCCCCCCCCCCCCC. The van der Waals surface area contributed by atoms with Gasteiger partial charge in [-0.1, -0.05) is 296 Å². The highest BCUT2D eigenvalue weighted by atomic mass is 16.7. The number of rotatable bonds is 61. The van der Waals surface area contributed by atoms with E-state index in [1.165, 1.54) is 148 Å². The molecule has 0 aromatic rings. The fourth-order valence-electron chi connectivity index (χ4n) is 11.7. The number of aliphatic hydroxyl groups excluding tert-OH is 8. The molecule has 14 nitrogen and oxygen atoms in total. The maximum absolute atomic E-state index is 13.3. The molecule has 1 amide bonds. The van der Waals surface area contributed by atoms with Crippen molar-refractivity contribution in [3.05, 3.63) is 122 Å². The highest BCUT2D eigenvalue weighted by Crippen LogP contribution is 2.30. The van der Waals surface area contributed by atoms with Gasteiger partial charge in [-0.15, -0.1) is 0 Å². The Morgan fingerprint density at radius 1 is 0.394 bits per heavy atom. The molecule has 0 aromatic carbocycles. The van der Waals surface area contributed by atoms with Gasteiger partial charge in [-0.3, -0.25) is 4.79 Å². The highest BCUT2D eigenvalue weighted by molar-refractivity contribution is 5.76. The quantitative estimate of drug-likeness (QED) is 0.0204. The molecule has 12 unspecified atom stereocenters. The Bertz CT molecular complexity index is 2040. The Balaban J connectivity index is 1.69. The van der Waals surface area contributed by atoms with Crippen LogP contribution in [0.15, 0.2) is 122 Å². The second-order valence-corrected chi connectivity index (χ2v) is 26.0. The van der Waals surface area contributed by atoms with Crippen LogP contribution in [0.1, 0.15) is 284 Å². The summed E-state index contributed by atoms with van der Waals surface area (Å²) in [6.45, 7) is 2.67. The highest BCUT2D eigenvalue weighted by Gasteiger charge is 2.51. The Kier molecular flexibility index (Phi) is 57.8. The third-order valence-electron chi connectivity index (χ3n) is 17.6. The van der Waals surface area contributed by atoms with Gasteiger partial charge in [0.2, 0.25) is 5.91 Å². The fraction of sp³-hybridized carbons (Fsp3) is 0.738. The van der Waals surface area contributed by atoms with Gasteiger partial charge >= 0.3 is 0 Å². The van der Waals surface area contributed by atoms with Crippen LogP contribution in [0, 0.1) is 0 Å². The van der Waals surface area contributed by atoms with Crippen molar-refractivity contribution >= 4 is 5.91 Å². The van der Waals surface area contributed by atoms with Gasteiger partial charge in [0, 0.05) is 6.42 Å². The lowest BCUT2D eigenvalue weighted by Crippen LogP contribution is -2.65. The number of hydrogen-bond acceptors (Lipinski definition) is 13. The average Bonchev–Trinajstić information content (AvgIpc) is 0.794. The molecule has 540 valence electrons. The van der Waals surface area contributed by atoms with E-state index in [0.717, 1.165) is 103 Å². The van der Waals surface area contributed by atoms with Crippen molar-refractivity contribution in [1.29, 1.82) is 0 Å². The molecule has 2 aliphatic heterocycles. The Morgan fingerprint density at radius 2 is 0.745 bits per heavy atom. The monoisotopic (exact) mass is 1320 g/mol. The van der Waals surface area contributed by atoms with Gasteiger partial charge in [-0.25, -0.2) is 0 Å². The first-order valence-electron chi connectivity index (χ1n) is 37.8. The number of ether oxygens (including phenoxy) is 4. The van der Waals surface area contributed by atoms with Crippen LogP contribution in [-0.2, 0) is 23.7 Å². The van der Waals surface area contributed by atoms with Gasteiger partial charge in [0.25, 0.3) is 0 Å². The summed E-state index contributed by atoms with van der Waals surface area (Å²) in [5.41, 5.74) is 0. The molecule has 9 N–H and O–H groups in total. The summed E-state index contributed by atoms with van der Waals surface area (Å²) in [6, 6.07) is -0.960. The van der Waals surface area contributed by atoms with Crippen LogP contribution in [0.4, 0.5) is 0 Å². The fourth-order valence-corrected chi connectivity index (χ4v) is 11.7. The smallest absolute Gasteiger partial charge is 0.220 e. The standard InChI is InChI=1S/C80H137NO13/c1-3-5-7-9-11-13-15-17-19-21-23-25-27-29-31-32-33-34-35-36-38-39-41-43-45-47-49-51-53-55-57-59-61-63-69(84)68(67-91-79-77(90)75(88)78(71(66-83)93-79)94-80-76(89)74(87)73(86)70(65-82)92-80)81-72(85)64-62-60-58-56-54-52-50-48-46-44-42-40-37-30-28-26-24-22-20-18-16-14-12-10-8-6-4-2/h6,8,12,14,18,20,24,26,30,37,42,44-45,47-48,50,53,55,61,63,68-71,73-80,82-84,86-90H,3-5,7,9-11,13,15-17,19,21-23,25,27-29,31-36,38-41,43,46,49,51-52,54,56-60,62,64-67H2,1-2H3,(H,81,85)/b8-6-,14-12-,20-18-,26-24-,37-30-,44-42-,47-45+,50-48-,55-53+,63-61+. The Morgan fingerprint density at radius 3 is 1.17 bits per heavy atom. The zero-order chi connectivity index (χ0) is 68.0. The maximum atomic E-state index is 13.3. The Labute approximate surface area is 571 Å². The predicted molar refractivity (Wildman–Crippen MR) is 387 cm³/mol. The van der Waals surface area contributed by atoms with E-state index in [9.17, 15) is 45.6 Å². The molecule has 2 aliphatic rings. The molecule has 2 fully saturated rings. The van der Waals surface area contributed by atoms with Crippen molar-refractivity contribution in [3.63, 3.8) is 0 Å². The summed E-state index contributed by atoms with van der Waals surface area (Å²) in [5.74, 6) is -0.275. The molecule has 0 spiro atoms. The molecular formula is C80H137NO13. The second-order valence-electron chi connectivity index (χ2n) is 26.0. The molecule has 0 aromatic heterocycles. The summed E-state index contributed by atoms with van der Waals surface area (Å²) < 4.78 is 22.8. The van der Waals surface area contributed by atoms with Crippen LogP contribution in [0.2, 0.25) is 0 Å². The van der Waals surface area contributed by atoms with Gasteiger partial charge in [0.15, 0.2) is 12.6 Å². The predicted octanol–water partition coefficient (Wildman–Crippen LogP) is 16.5. The van der Waals surface area contributed by atoms with Crippen molar-refractivity contribution < 1.29 is 64.6 Å². The summed E-state index contributed by atoms with van der Waals surface area (Å²) >= 11 is 0. The van der Waals surface area contributed by atoms with Crippen molar-refractivity contribution in [2.45, 2.75) is 357 Å². The number of amides is 1. The minimum absolute atomic E-state index is 0.239. The lowest BCUT2D eigenvalue weighted by Gasteiger charge is -2.46. The normalized spacial score (nSPS) is 23.2. The van der Waals surface area contributed by atoms with Crippen molar-refractivity contribution in [1.82, 2.24) is 5.32 Å². The van der Waals surface area contributed by atoms with Crippen LogP contribution < -0.4 is 5.32 Å². The number of hydrogen-bond donors (Lipinski definition) is 9. The van der Waals surface area contributed by atoms with Crippen LogP contribution in [0.3, 0.4) is 0 Å². The lowest BCUT2D eigenvalue weighted by molar-refractivity contribution is -0.359. The van der Waals surface area contributed by atoms with Crippen molar-refractivity contribution in [2.75, 3.05) is 19.8 Å². The number of aliphatic hydroxyl groups is 8. The van der Waals surface area contributed by atoms with E-state index in [-0.39, 0.29) is 18.9 Å². The summed E-state index contributed by atoms with van der Waals surface area (Å²) in [5, 5.41) is 87.5. The zero-order valence-electron chi connectivity index (χ0n) is 58.9. The molecule has 2 rings (SSSR count). The van der Waals surface area contributed by atoms with Crippen molar-refractivity contribution in [3.8, 4) is 0 Å². The second kappa shape index (κ2) is 62.9. The van der Waals surface area contributed by atoms with E-state index in [1.54, 1.807) is 6.08 Å². The van der Waals surface area contributed by atoms with Crippen LogP contribution >= 0.6 is 0 Å². The van der Waals surface area contributed by atoms with Gasteiger partial charge in [-0.05, 0) is 103 Å². The molecule has 0 saturated carbocycles.